The highest BCUT2D eigenvalue weighted by Crippen LogP contribution is 2.24. The van der Waals surface area contributed by atoms with Gasteiger partial charge in [-0.15, -0.1) is 0 Å². The number of aryl methyl sites for hydroxylation is 1. The lowest BCUT2D eigenvalue weighted by Crippen LogP contribution is -1.96. The Morgan fingerprint density at radius 1 is 1.33 bits per heavy atom. The summed E-state index contributed by atoms with van der Waals surface area (Å²) in [5.74, 6) is 0.177. The molecule has 4 aromatic rings. The number of imidazole rings is 1. The van der Waals surface area contributed by atoms with E-state index >= 15 is 0 Å². The highest BCUT2D eigenvalue weighted by Gasteiger charge is 2.12. The third-order valence-electron chi connectivity index (χ3n) is 3.87. The van der Waals surface area contributed by atoms with Crippen LogP contribution in [0.15, 0.2) is 47.4 Å². The van der Waals surface area contributed by atoms with Crippen LogP contribution in [0, 0.1) is 12.7 Å². The van der Waals surface area contributed by atoms with Gasteiger partial charge in [0.05, 0.1) is 17.9 Å². The van der Waals surface area contributed by atoms with E-state index in [1.165, 1.54) is 34.7 Å². The Bertz CT molecular complexity index is 1100. The molecule has 0 saturated carbocycles. The second-order valence-electron chi connectivity index (χ2n) is 5.85. The lowest BCUT2D eigenvalue weighted by Gasteiger charge is -2.05. The first-order chi connectivity index (χ1) is 13.1. The molecule has 0 bridgehead atoms. The monoisotopic (exact) mass is 383 g/mol. The number of halogens is 1. The van der Waals surface area contributed by atoms with Crippen LogP contribution in [0.25, 0.3) is 16.9 Å². The molecule has 1 aromatic carbocycles. The van der Waals surface area contributed by atoms with Gasteiger partial charge in [0.25, 0.3) is 0 Å². The molecule has 136 valence electrons. The molecule has 7 nitrogen and oxygen atoms in total. The summed E-state index contributed by atoms with van der Waals surface area (Å²) in [5, 5.41) is 8.15. The van der Waals surface area contributed by atoms with Crippen LogP contribution in [0.2, 0.25) is 0 Å². The zero-order valence-electron chi connectivity index (χ0n) is 14.2. The molecule has 0 unspecified atom stereocenters. The molecule has 0 radical (unpaired) electrons. The number of rotatable bonds is 6. The Labute approximate surface area is 157 Å². The molecule has 0 amide bonds. The lowest BCUT2D eigenvalue weighted by molar-refractivity contribution is 0.111. The average molecular weight is 383 g/mol. The van der Waals surface area contributed by atoms with Crippen molar-refractivity contribution in [3.63, 3.8) is 0 Å². The van der Waals surface area contributed by atoms with Crippen LogP contribution in [-0.4, -0.2) is 25.4 Å². The van der Waals surface area contributed by atoms with E-state index in [-0.39, 0.29) is 5.69 Å². The van der Waals surface area contributed by atoms with Crippen molar-refractivity contribution in [3.05, 3.63) is 65.8 Å². The van der Waals surface area contributed by atoms with E-state index in [0.717, 1.165) is 10.7 Å². The number of aldehydes is 1. The first kappa shape index (κ1) is 17.1. The molecule has 0 saturated heterocycles. The second kappa shape index (κ2) is 7.12. The molecule has 0 fully saturated rings. The number of nitrogens with one attached hydrogen (secondary N) is 1. The molecule has 0 spiro atoms. The quantitative estimate of drug-likeness (QED) is 0.509. The molecule has 3 heterocycles. The van der Waals surface area contributed by atoms with Crippen LogP contribution >= 0.6 is 11.5 Å². The summed E-state index contributed by atoms with van der Waals surface area (Å²) in [5.41, 5.74) is 2.62. The lowest BCUT2D eigenvalue weighted by atomic mass is 10.1. The van der Waals surface area contributed by atoms with Crippen molar-refractivity contribution in [1.29, 1.82) is 0 Å². The molecule has 9 heteroatoms. The smallest absolute Gasteiger partial charge is 0.170 e. The van der Waals surface area contributed by atoms with Crippen LogP contribution in [0.1, 0.15) is 21.9 Å². The van der Waals surface area contributed by atoms with Gasteiger partial charge in [0, 0.05) is 17.8 Å². The summed E-state index contributed by atoms with van der Waals surface area (Å²) < 4.78 is 25.5. The standard InChI is InChI=1S/C18H14FN5O2S/c1-11-4-18(27-23-11)20-7-14-6-16(22-26-14)12-2-3-17(15(19)5-12)24-8-13(9-25)21-10-24/h2-6,8-10,20H,7H2,1H3. The number of anilines is 1. The number of hydrogen-bond acceptors (Lipinski definition) is 7. The summed E-state index contributed by atoms with van der Waals surface area (Å²) >= 11 is 1.37. The molecule has 1 N–H and O–H groups in total. The van der Waals surface area contributed by atoms with Gasteiger partial charge in [0.15, 0.2) is 12.0 Å². The van der Waals surface area contributed by atoms with Gasteiger partial charge >= 0.3 is 0 Å². The summed E-state index contributed by atoms with van der Waals surface area (Å²) in [6.45, 7) is 2.38. The Morgan fingerprint density at radius 2 is 2.22 bits per heavy atom. The maximum absolute atomic E-state index is 14.5. The zero-order chi connectivity index (χ0) is 18.8. The molecule has 27 heavy (non-hydrogen) atoms. The van der Waals surface area contributed by atoms with Crippen molar-refractivity contribution >= 4 is 22.8 Å². The topological polar surface area (TPSA) is 85.8 Å². The van der Waals surface area contributed by atoms with Crippen LogP contribution in [0.5, 0.6) is 0 Å². The highest BCUT2D eigenvalue weighted by molar-refractivity contribution is 7.10. The van der Waals surface area contributed by atoms with Gasteiger partial charge in [-0.1, -0.05) is 11.2 Å². The predicted octanol–water partition coefficient (Wildman–Crippen LogP) is 3.86. The molecule has 0 atom stereocenters. The first-order valence-electron chi connectivity index (χ1n) is 8.04. The Morgan fingerprint density at radius 3 is 2.93 bits per heavy atom. The fourth-order valence-electron chi connectivity index (χ4n) is 2.56. The van der Waals surface area contributed by atoms with E-state index in [1.807, 2.05) is 13.0 Å². The van der Waals surface area contributed by atoms with Gasteiger partial charge in [0.1, 0.15) is 28.5 Å². The van der Waals surface area contributed by atoms with Crippen LogP contribution < -0.4 is 5.32 Å². The molecule has 4 rings (SSSR count). The second-order valence-corrected chi connectivity index (χ2v) is 6.66. The van der Waals surface area contributed by atoms with E-state index in [9.17, 15) is 9.18 Å². The van der Waals surface area contributed by atoms with E-state index in [4.69, 9.17) is 4.52 Å². The van der Waals surface area contributed by atoms with Crippen molar-refractivity contribution in [2.24, 2.45) is 0 Å². The fraction of sp³-hybridized carbons (Fsp3) is 0.111. The van der Waals surface area contributed by atoms with E-state index < -0.39 is 5.82 Å². The minimum Gasteiger partial charge on any atom is -0.368 e. The number of nitrogens with zero attached hydrogens (tertiary/aromatic N) is 4. The number of carbonyl (C=O) groups excluding carboxylic acids is 1. The average Bonchev–Trinajstić information content (AvgIpc) is 3.40. The van der Waals surface area contributed by atoms with E-state index in [0.29, 0.717) is 35.5 Å². The van der Waals surface area contributed by atoms with E-state index in [2.05, 4.69) is 19.8 Å². The summed E-state index contributed by atoms with van der Waals surface area (Å²) in [6.07, 6.45) is 3.47. The number of hydrogen-bond donors (Lipinski definition) is 1. The number of benzene rings is 1. The zero-order valence-corrected chi connectivity index (χ0v) is 15.0. The maximum atomic E-state index is 14.5. The van der Waals surface area contributed by atoms with Gasteiger partial charge in [-0.05, 0) is 36.7 Å². The third kappa shape index (κ3) is 3.63. The molecule has 0 aliphatic heterocycles. The van der Waals surface area contributed by atoms with Crippen molar-refractivity contribution in [3.8, 4) is 16.9 Å². The third-order valence-corrected chi connectivity index (χ3v) is 4.71. The number of aromatic nitrogens is 4. The minimum absolute atomic E-state index is 0.239. The van der Waals surface area contributed by atoms with Gasteiger partial charge < -0.3 is 14.4 Å². The molecule has 0 aliphatic carbocycles. The van der Waals surface area contributed by atoms with E-state index in [1.54, 1.807) is 18.2 Å². The molecule has 0 aliphatic rings. The molecular weight excluding hydrogens is 369 g/mol. The largest absolute Gasteiger partial charge is 0.368 e. The Balaban J connectivity index is 1.51. The SMILES string of the molecule is Cc1cc(NCc2cc(-c3ccc(-n4cnc(C=O)c4)c(F)c3)no2)sn1. The van der Waals surface area contributed by atoms with Gasteiger partial charge in [-0.2, -0.15) is 4.37 Å². The summed E-state index contributed by atoms with van der Waals surface area (Å²) in [4.78, 5) is 14.6. The molecular formula is C18H14FN5O2S. The number of carbonyl (C=O) groups is 1. The van der Waals surface area contributed by atoms with Crippen molar-refractivity contribution < 1.29 is 13.7 Å². The van der Waals surface area contributed by atoms with Crippen molar-refractivity contribution in [1.82, 2.24) is 19.1 Å². The normalized spacial score (nSPS) is 10.9. The Hall–Kier alpha value is -3.33. The van der Waals surface area contributed by atoms with Crippen LogP contribution in [-0.2, 0) is 6.54 Å². The fourth-order valence-corrected chi connectivity index (χ4v) is 3.21. The van der Waals surface area contributed by atoms with Crippen molar-refractivity contribution in [2.45, 2.75) is 13.5 Å². The van der Waals surface area contributed by atoms with Gasteiger partial charge in [-0.3, -0.25) is 4.79 Å². The van der Waals surface area contributed by atoms with Crippen molar-refractivity contribution in [2.75, 3.05) is 5.32 Å². The Kier molecular flexibility index (Phi) is 4.51. The van der Waals surface area contributed by atoms with Gasteiger partial charge in [0.2, 0.25) is 0 Å². The predicted molar refractivity (Wildman–Crippen MR) is 98.6 cm³/mol. The minimum atomic E-state index is -0.454. The maximum Gasteiger partial charge on any atom is 0.170 e. The molecule has 3 aromatic heterocycles. The van der Waals surface area contributed by atoms with Crippen LogP contribution in [0.4, 0.5) is 9.39 Å². The van der Waals surface area contributed by atoms with Gasteiger partial charge in [-0.25, -0.2) is 9.37 Å². The highest BCUT2D eigenvalue weighted by atomic mass is 32.1. The summed E-state index contributed by atoms with van der Waals surface area (Å²) in [6, 6.07) is 8.42. The first-order valence-corrected chi connectivity index (χ1v) is 8.82. The summed E-state index contributed by atoms with van der Waals surface area (Å²) in [7, 11) is 0. The van der Waals surface area contributed by atoms with Crippen LogP contribution in [0.3, 0.4) is 0 Å².